The van der Waals surface area contributed by atoms with Gasteiger partial charge in [-0.05, 0) is 38.6 Å². The predicted octanol–water partition coefficient (Wildman–Crippen LogP) is 3.52. The third kappa shape index (κ3) is 5.46. The number of carbonyl (C=O) groups is 1. The molecule has 1 aromatic heterocycles. The zero-order valence-electron chi connectivity index (χ0n) is 18.5. The Morgan fingerprint density at radius 2 is 1.93 bits per heavy atom. The topological polar surface area (TPSA) is 53.4 Å². The number of hydrogen-bond acceptors (Lipinski definition) is 4. The Hall–Kier alpha value is -2.18. The van der Waals surface area contributed by atoms with Gasteiger partial charge in [-0.1, -0.05) is 45.9 Å². The van der Waals surface area contributed by atoms with E-state index in [1.54, 1.807) is 0 Å². The number of aromatic nitrogens is 2. The van der Waals surface area contributed by atoms with Crippen molar-refractivity contribution in [3.63, 3.8) is 0 Å². The molecule has 0 radical (unpaired) electrons. The van der Waals surface area contributed by atoms with Gasteiger partial charge in [0.05, 0.1) is 17.9 Å². The average molecular weight is 398 g/mol. The SMILES string of the molecule is CC[C@@H]1CN(C)CCCN1CC(=O)Nc1cc(C(C)(C)C)nn1-c1ccccc1. The summed E-state index contributed by atoms with van der Waals surface area (Å²) in [5.74, 6) is 0.747. The minimum Gasteiger partial charge on any atom is -0.309 e. The molecule has 1 aliphatic rings. The molecule has 0 spiro atoms. The lowest BCUT2D eigenvalue weighted by molar-refractivity contribution is -0.117. The van der Waals surface area contributed by atoms with Crippen LogP contribution >= 0.6 is 0 Å². The van der Waals surface area contributed by atoms with Crippen molar-refractivity contribution in [3.8, 4) is 5.69 Å². The maximum Gasteiger partial charge on any atom is 0.239 e. The van der Waals surface area contributed by atoms with Gasteiger partial charge in [-0.3, -0.25) is 9.69 Å². The van der Waals surface area contributed by atoms with Crippen molar-refractivity contribution in [2.75, 3.05) is 38.5 Å². The highest BCUT2D eigenvalue weighted by Gasteiger charge is 2.25. The molecule has 1 fully saturated rings. The fraction of sp³-hybridized carbons (Fsp3) is 0.565. The number of benzene rings is 1. The summed E-state index contributed by atoms with van der Waals surface area (Å²) >= 11 is 0. The van der Waals surface area contributed by atoms with E-state index in [2.05, 4.69) is 49.9 Å². The zero-order chi connectivity index (χ0) is 21.0. The number of para-hydroxylation sites is 1. The Morgan fingerprint density at radius 1 is 1.21 bits per heavy atom. The molecule has 158 valence electrons. The van der Waals surface area contributed by atoms with Crippen molar-refractivity contribution in [2.45, 2.75) is 52.0 Å². The second-order valence-electron chi connectivity index (χ2n) is 9.11. The van der Waals surface area contributed by atoms with Gasteiger partial charge in [-0.2, -0.15) is 5.10 Å². The number of rotatable bonds is 5. The van der Waals surface area contributed by atoms with Gasteiger partial charge in [0.1, 0.15) is 5.82 Å². The highest BCUT2D eigenvalue weighted by Crippen LogP contribution is 2.26. The van der Waals surface area contributed by atoms with Crippen LogP contribution in [0, 0.1) is 0 Å². The molecule has 1 aliphatic heterocycles. The smallest absolute Gasteiger partial charge is 0.239 e. The molecule has 1 aromatic carbocycles. The summed E-state index contributed by atoms with van der Waals surface area (Å²) in [5, 5.41) is 7.92. The number of carbonyl (C=O) groups excluding carboxylic acids is 1. The quantitative estimate of drug-likeness (QED) is 0.839. The third-order valence-electron chi connectivity index (χ3n) is 5.59. The van der Waals surface area contributed by atoms with E-state index in [4.69, 9.17) is 5.10 Å². The van der Waals surface area contributed by atoms with Crippen molar-refractivity contribution >= 4 is 11.7 Å². The van der Waals surface area contributed by atoms with E-state index in [0.717, 1.165) is 49.7 Å². The first-order valence-electron chi connectivity index (χ1n) is 10.7. The van der Waals surface area contributed by atoms with Crippen LogP contribution < -0.4 is 5.32 Å². The van der Waals surface area contributed by atoms with Gasteiger partial charge < -0.3 is 10.2 Å². The zero-order valence-corrected chi connectivity index (χ0v) is 18.5. The first-order valence-corrected chi connectivity index (χ1v) is 10.7. The van der Waals surface area contributed by atoms with Gasteiger partial charge in [-0.15, -0.1) is 0 Å². The molecule has 2 aromatic rings. The molecule has 29 heavy (non-hydrogen) atoms. The van der Waals surface area contributed by atoms with Crippen molar-refractivity contribution < 1.29 is 4.79 Å². The summed E-state index contributed by atoms with van der Waals surface area (Å²) in [6, 6.07) is 12.4. The monoisotopic (exact) mass is 397 g/mol. The number of nitrogens with one attached hydrogen (secondary N) is 1. The van der Waals surface area contributed by atoms with E-state index < -0.39 is 0 Å². The molecule has 0 bridgehead atoms. The molecule has 0 unspecified atom stereocenters. The van der Waals surface area contributed by atoms with Gasteiger partial charge in [-0.25, -0.2) is 4.68 Å². The molecule has 2 heterocycles. The fourth-order valence-corrected chi connectivity index (χ4v) is 3.86. The summed E-state index contributed by atoms with van der Waals surface area (Å²) in [4.78, 5) is 17.7. The first kappa shape index (κ1) is 21.5. The molecule has 0 aliphatic carbocycles. The van der Waals surface area contributed by atoms with Crippen LogP contribution in [0.4, 0.5) is 5.82 Å². The summed E-state index contributed by atoms with van der Waals surface area (Å²) in [7, 11) is 2.17. The number of anilines is 1. The molecule has 6 heteroatoms. The van der Waals surface area contributed by atoms with Crippen LogP contribution in [0.3, 0.4) is 0 Å². The van der Waals surface area contributed by atoms with Crippen molar-refractivity contribution in [1.29, 1.82) is 0 Å². The van der Waals surface area contributed by atoms with Crippen LogP contribution in [0.5, 0.6) is 0 Å². The standard InChI is InChI=1S/C23H35N5O/c1-6-18-16-26(5)13-10-14-27(18)17-22(29)24-21-15-20(23(2,3)4)25-28(21)19-11-8-7-9-12-19/h7-9,11-12,15,18H,6,10,13-14,16-17H2,1-5H3,(H,24,29)/t18-/m1/s1. The minimum absolute atomic E-state index is 0.0190. The van der Waals surface area contributed by atoms with Crippen LogP contribution in [-0.4, -0.2) is 64.8 Å². The van der Waals surface area contributed by atoms with Crippen LogP contribution in [0.2, 0.25) is 0 Å². The van der Waals surface area contributed by atoms with Gasteiger partial charge in [0, 0.05) is 30.6 Å². The molecule has 6 nitrogen and oxygen atoms in total. The van der Waals surface area contributed by atoms with Gasteiger partial charge in [0.25, 0.3) is 0 Å². The lowest BCUT2D eigenvalue weighted by Crippen LogP contribution is -2.43. The molecule has 1 saturated heterocycles. The van der Waals surface area contributed by atoms with E-state index in [9.17, 15) is 4.79 Å². The maximum absolute atomic E-state index is 13.0. The summed E-state index contributed by atoms with van der Waals surface area (Å²) in [6.07, 6.45) is 2.14. The Balaban J connectivity index is 1.79. The number of nitrogens with zero attached hydrogens (tertiary/aromatic N) is 4. The largest absolute Gasteiger partial charge is 0.309 e. The minimum atomic E-state index is -0.0951. The molecule has 1 amide bonds. The van der Waals surface area contributed by atoms with E-state index in [1.165, 1.54) is 0 Å². The maximum atomic E-state index is 13.0. The summed E-state index contributed by atoms with van der Waals surface area (Å²) in [6.45, 7) is 12.1. The fourth-order valence-electron chi connectivity index (χ4n) is 3.86. The summed E-state index contributed by atoms with van der Waals surface area (Å²) < 4.78 is 1.84. The van der Waals surface area contributed by atoms with Crippen molar-refractivity contribution in [2.24, 2.45) is 0 Å². The molecular formula is C23H35N5O. The van der Waals surface area contributed by atoms with Crippen molar-refractivity contribution in [3.05, 3.63) is 42.1 Å². The molecule has 1 N–H and O–H groups in total. The average Bonchev–Trinajstić information content (AvgIpc) is 3.01. The normalized spacial score (nSPS) is 19.1. The second kappa shape index (κ2) is 9.09. The van der Waals surface area contributed by atoms with Crippen molar-refractivity contribution in [1.82, 2.24) is 19.6 Å². The van der Waals surface area contributed by atoms with E-state index in [1.807, 2.05) is 41.1 Å². The van der Waals surface area contributed by atoms with E-state index in [-0.39, 0.29) is 11.3 Å². The molecule has 0 saturated carbocycles. The lowest BCUT2D eigenvalue weighted by Gasteiger charge is -2.29. The number of likely N-dealkylation sites (N-methyl/N-ethyl adjacent to an activating group) is 1. The Labute approximate surface area is 174 Å². The van der Waals surface area contributed by atoms with Gasteiger partial charge in [0.2, 0.25) is 5.91 Å². The molecular weight excluding hydrogens is 362 g/mol. The number of amides is 1. The van der Waals surface area contributed by atoms with Crippen LogP contribution in [0.15, 0.2) is 36.4 Å². The predicted molar refractivity (Wildman–Crippen MR) is 119 cm³/mol. The first-order chi connectivity index (χ1) is 13.8. The Kier molecular flexibility index (Phi) is 6.75. The van der Waals surface area contributed by atoms with Gasteiger partial charge >= 0.3 is 0 Å². The van der Waals surface area contributed by atoms with Gasteiger partial charge in [0.15, 0.2) is 0 Å². The molecule has 3 rings (SSSR count). The van der Waals surface area contributed by atoms with E-state index in [0.29, 0.717) is 12.6 Å². The van der Waals surface area contributed by atoms with E-state index >= 15 is 0 Å². The van der Waals surface area contributed by atoms with Crippen LogP contribution in [-0.2, 0) is 10.2 Å². The van der Waals surface area contributed by atoms with Crippen LogP contribution in [0.25, 0.3) is 5.69 Å². The Morgan fingerprint density at radius 3 is 2.59 bits per heavy atom. The van der Waals surface area contributed by atoms with Crippen LogP contribution in [0.1, 0.15) is 46.2 Å². The highest BCUT2D eigenvalue weighted by molar-refractivity contribution is 5.91. The highest BCUT2D eigenvalue weighted by atomic mass is 16.2. The second-order valence-corrected chi connectivity index (χ2v) is 9.11. The lowest BCUT2D eigenvalue weighted by atomic mass is 9.92. The Bertz CT molecular complexity index is 808. The summed E-state index contributed by atoms with van der Waals surface area (Å²) in [5.41, 5.74) is 1.81. The number of hydrogen-bond donors (Lipinski definition) is 1. The molecule has 1 atom stereocenters. The third-order valence-corrected chi connectivity index (χ3v) is 5.59.